The second-order valence-electron chi connectivity index (χ2n) is 4.20. The number of hydrogen-bond donors (Lipinski definition) is 0. The molecule has 0 fully saturated rings. The van der Waals surface area contributed by atoms with Crippen LogP contribution in [0.5, 0.6) is 0 Å². The van der Waals surface area contributed by atoms with Crippen LogP contribution in [0.25, 0.3) is 0 Å². The molecule has 0 bridgehead atoms. The van der Waals surface area contributed by atoms with Crippen LogP contribution in [-0.2, 0) is 13.3 Å². The van der Waals surface area contributed by atoms with E-state index >= 15 is 0 Å². The Labute approximate surface area is 116 Å². The van der Waals surface area contributed by atoms with Crippen molar-refractivity contribution in [2.24, 2.45) is 0 Å². The molecule has 0 amide bonds. The quantitative estimate of drug-likeness (QED) is 0.552. The van der Waals surface area contributed by atoms with Crippen LogP contribution in [0, 0.1) is 0 Å². The minimum Gasteiger partial charge on any atom is -0.376 e. The van der Waals surface area contributed by atoms with Crippen LogP contribution >= 0.6 is 0 Å². The van der Waals surface area contributed by atoms with Crippen molar-refractivity contribution in [3.63, 3.8) is 0 Å². The zero-order valence-corrected chi connectivity index (χ0v) is 14.7. The van der Waals surface area contributed by atoms with Crippen molar-refractivity contribution in [3.05, 3.63) is 12.2 Å². The van der Waals surface area contributed by atoms with Gasteiger partial charge in [-0.05, 0) is 55.8 Å². The lowest BCUT2D eigenvalue weighted by molar-refractivity contribution is 0.107. The van der Waals surface area contributed by atoms with Crippen molar-refractivity contribution in [2.75, 3.05) is 41.0 Å². The van der Waals surface area contributed by atoms with Gasteiger partial charge in [-0.3, -0.25) is 0 Å². The lowest BCUT2D eigenvalue weighted by Crippen LogP contribution is -2.27. The van der Waals surface area contributed by atoms with Gasteiger partial charge in [0.2, 0.25) is 0 Å². The molecule has 0 spiro atoms. The monoisotopic (exact) mass is 279 g/mol. The molecule has 0 atom stereocenters. The summed E-state index contributed by atoms with van der Waals surface area (Å²) in [6.07, 6.45) is 0. The van der Waals surface area contributed by atoms with E-state index in [0.29, 0.717) is 19.8 Å². The fraction of sp³-hybridized carbons (Fsp3) is 0.846. The molecule has 0 N–H and O–H groups in total. The standard InChI is InChI=1S/C6H16O3Si.C4H8.C3H9N/c1-4-7-10(8-5-2)9-6-3;2*1-4(2)3/h10H,4-6H2,1-3H3;1H2,2-3H3;1-3H3. The van der Waals surface area contributed by atoms with E-state index < -0.39 is 9.53 Å². The highest BCUT2D eigenvalue weighted by Gasteiger charge is 2.11. The summed E-state index contributed by atoms with van der Waals surface area (Å²) in [5.74, 6) is 0. The second-order valence-corrected chi connectivity index (χ2v) is 5.78. The van der Waals surface area contributed by atoms with Gasteiger partial charge < -0.3 is 18.2 Å². The van der Waals surface area contributed by atoms with Gasteiger partial charge in [0.25, 0.3) is 0 Å². The Balaban J connectivity index is -0.000000233. The third kappa shape index (κ3) is 44.7. The average molecular weight is 279 g/mol. The highest BCUT2D eigenvalue weighted by Crippen LogP contribution is 1.91. The highest BCUT2D eigenvalue weighted by molar-refractivity contribution is 6.36. The molecule has 0 saturated carbocycles. The summed E-state index contributed by atoms with van der Waals surface area (Å²) < 4.78 is 15.7. The molecule has 112 valence electrons. The molecule has 0 aromatic heterocycles. The van der Waals surface area contributed by atoms with Crippen molar-refractivity contribution >= 4 is 9.53 Å². The summed E-state index contributed by atoms with van der Waals surface area (Å²) in [6.45, 7) is 15.4. The largest absolute Gasteiger partial charge is 0.484 e. The fourth-order valence-corrected chi connectivity index (χ4v) is 1.66. The van der Waals surface area contributed by atoms with Crippen molar-refractivity contribution in [1.29, 1.82) is 0 Å². The van der Waals surface area contributed by atoms with E-state index in [-0.39, 0.29) is 0 Å². The molecule has 0 radical (unpaired) electrons. The minimum absolute atomic E-state index is 0.677. The van der Waals surface area contributed by atoms with Crippen LogP contribution in [0.4, 0.5) is 0 Å². The van der Waals surface area contributed by atoms with Gasteiger partial charge in [0.05, 0.1) is 0 Å². The zero-order chi connectivity index (χ0) is 15.0. The first-order valence-electron chi connectivity index (χ1n) is 6.39. The van der Waals surface area contributed by atoms with E-state index in [1.807, 2.05) is 60.7 Å². The molecule has 0 aliphatic rings. The SMILES string of the molecule is C=C(C)C.CCO[SiH](OCC)OCC.CN(C)C. The first-order valence-corrected chi connectivity index (χ1v) is 7.80. The first-order chi connectivity index (χ1) is 8.31. The first kappa shape index (κ1) is 22.9. The summed E-state index contributed by atoms with van der Waals surface area (Å²) in [6, 6.07) is 0. The summed E-state index contributed by atoms with van der Waals surface area (Å²) in [5, 5.41) is 0. The number of nitrogens with zero attached hydrogens (tertiary/aromatic N) is 1. The summed E-state index contributed by atoms with van der Waals surface area (Å²) in [4.78, 5) is 2.00. The highest BCUT2D eigenvalue weighted by atomic mass is 28.3. The maximum absolute atomic E-state index is 5.22. The Bertz CT molecular complexity index is 145. The third-order valence-corrected chi connectivity index (χ3v) is 2.72. The Morgan fingerprint density at radius 1 is 0.889 bits per heavy atom. The Kier molecular flexibility index (Phi) is 24.4. The maximum atomic E-state index is 5.22. The van der Waals surface area contributed by atoms with Crippen LogP contribution in [0.15, 0.2) is 12.2 Å². The molecule has 0 aliphatic carbocycles. The maximum Gasteiger partial charge on any atom is 0.484 e. The molecule has 4 nitrogen and oxygen atoms in total. The predicted octanol–water partition coefficient (Wildman–Crippen LogP) is 2.57. The van der Waals surface area contributed by atoms with Crippen LogP contribution in [0.2, 0.25) is 0 Å². The van der Waals surface area contributed by atoms with Gasteiger partial charge in [0.1, 0.15) is 0 Å². The lowest BCUT2D eigenvalue weighted by atomic mass is 10.4. The minimum atomic E-state index is -1.73. The van der Waals surface area contributed by atoms with Crippen molar-refractivity contribution < 1.29 is 13.3 Å². The third-order valence-electron chi connectivity index (χ3n) is 0.908. The molecular formula is C13H33NO3Si. The van der Waals surface area contributed by atoms with Gasteiger partial charge in [-0.15, -0.1) is 6.58 Å². The van der Waals surface area contributed by atoms with Crippen LogP contribution in [0.1, 0.15) is 34.6 Å². The summed E-state index contributed by atoms with van der Waals surface area (Å²) >= 11 is 0. The summed E-state index contributed by atoms with van der Waals surface area (Å²) in [7, 11) is 4.27. The Hall–Kier alpha value is -0.203. The number of allylic oxidation sites excluding steroid dienone is 1. The summed E-state index contributed by atoms with van der Waals surface area (Å²) in [5.41, 5.74) is 1.17. The smallest absolute Gasteiger partial charge is 0.376 e. The molecule has 0 saturated heterocycles. The molecule has 5 heteroatoms. The molecule has 0 unspecified atom stereocenters. The van der Waals surface area contributed by atoms with Gasteiger partial charge >= 0.3 is 9.53 Å². The van der Waals surface area contributed by atoms with Gasteiger partial charge in [-0.1, -0.05) is 5.57 Å². The van der Waals surface area contributed by atoms with E-state index in [2.05, 4.69) is 6.58 Å². The molecule has 0 aromatic carbocycles. The lowest BCUT2D eigenvalue weighted by Gasteiger charge is -2.12. The predicted molar refractivity (Wildman–Crippen MR) is 82.1 cm³/mol. The van der Waals surface area contributed by atoms with Gasteiger partial charge in [0.15, 0.2) is 0 Å². The fourth-order valence-electron chi connectivity index (χ4n) is 0.553. The van der Waals surface area contributed by atoms with Crippen LogP contribution in [0.3, 0.4) is 0 Å². The van der Waals surface area contributed by atoms with E-state index in [1.54, 1.807) is 0 Å². The molecule has 0 rings (SSSR count). The Morgan fingerprint density at radius 3 is 1.17 bits per heavy atom. The van der Waals surface area contributed by atoms with Gasteiger partial charge in [0, 0.05) is 19.8 Å². The van der Waals surface area contributed by atoms with Gasteiger partial charge in [-0.25, -0.2) is 0 Å². The molecular weight excluding hydrogens is 246 g/mol. The van der Waals surface area contributed by atoms with Crippen molar-refractivity contribution in [3.8, 4) is 0 Å². The van der Waals surface area contributed by atoms with E-state index in [9.17, 15) is 0 Å². The average Bonchev–Trinajstić information content (AvgIpc) is 2.17. The normalized spacial score (nSPS) is 9.44. The van der Waals surface area contributed by atoms with Crippen LogP contribution in [-0.4, -0.2) is 55.4 Å². The number of rotatable bonds is 6. The molecule has 0 aromatic rings. The topological polar surface area (TPSA) is 30.9 Å². The number of hydrogen-bond acceptors (Lipinski definition) is 4. The van der Waals surface area contributed by atoms with Crippen LogP contribution < -0.4 is 0 Å². The zero-order valence-electron chi connectivity index (χ0n) is 13.6. The van der Waals surface area contributed by atoms with Crippen molar-refractivity contribution in [2.45, 2.75) is 34.6 Å². The van der Waals surface area contributed by atoms with E-state index in [4.69, 9.17) is 13.3 Å². The van der Waals surface area contributed by atoms with Crippen molar-refractivity contribution in [1.82, 2.24) is 4.90 Å². The van der Waals surface area contributed by atoms with E-state index in [0.717, 1.165) is 0 Å². The van der Waals surface area contributed by atoms with Gasteiger partial charge in [-0.2, -0.15) is 0 Å². The molecule has 0 heterocycles. The van der Waals surface area contributed by atoms with E-state index in [1.165, 1.54) is 5.57 Å². The Morgan fingerprint density at radius 2 is 1.06 bits per heavy atom. The second kappa shape index (κ2) is 19.1. The molecule has 18 heavy (non-hydrogen) atoms. The molecule has 0 aliphatic heterocycles.